The van der Waals surface area contributed by atoms with Crippen molar-refractivity contribution >= 4 is 22.3 Å². The minimum atomic E-state index is -0.466. The fraction of sp³-hybridized carbons (Fsp3) is 0.514. The average Bonchev–Trinajstić information content (AvgIpc) is 3.59. The van der Waals surface area contributed by atoms with E-state index in [-0.39, 0.29) is 0 Å². The molecule has 0 spiro atoms. The van der Waals surface area contributed by atoms with Gasteiger partial charge in [0.1, 0.15) is 17.0 Å². The highest BCUT2D eigenvalue weighted by molar-refractivity contribution is 5.84. The molecular formula is C35H47N5O8. The lowest BCUT2D eigenvalue weighted by atomic mass is 10.1. The molecule has 260 valence electrons. The summed E-state index contributed by atoms with van der Waals surface area (Å²) in [4.78, 5) is 17.5. The lowest BCUT2D eigenvalue weighted by molar-refractivity contribution is -0.0116. The van der Waals surface area contributed by atoms with E-state index in [2.05, 4.69) is 34.0 Å². The second kappa shape index (κ2) is 18.5. The van der Waals surface area contributed by atoms with Crippen LogP contribution in [0.25, 0.3) is 27.9 Å². The molecule has 4 aromatic rings. The summed E-state index contributed by atoms with van der Waals surface area (Å²) >= 11 is 0. The molecule has 0 amide bonds. The lowest BCUT2D eigenvalue weighted by Gasteiger charge is -2.27. The smallest absolute Gasteiger partial charge is 0.345 e. The van der Waals surface area contributed by atoms with E-state index in [4.69, 9.17) is 32.8 Å². The molecule has 0 aliphatic carbocycles. The van der Waals surface area contributed by atoms with Crippen molar-refractivity contribution in [1.29, 1.82) is 0 Å². The van der Waals surface area contributed by atoms with E-state index in [1.54, 1.807) is 16.9 Å². The third kappa shape index (κ3) is 9.54. The SMILES string of the molecule is CCOc1cc(-n2cc(-c3cc4ccc(N(CC)CC)cc4oc3=O)nn2)ccc1N1CCOCCOCCOCCOCCOCC1. The molecule has 2 aromatic heterocycles. The molecular weight excluding hydrogens is 618 g/mol. The summed E-state index contributed by atoms with van der Waals surface area (Å²) < 4.78 is 41.9. The number of rotatable bonds is 8. The van der Waals surface area contributed by atoms with Crippen molar-refractivity contribution in [3.05, 3.63) is 59.1 Å². The monoisotopic (exact) mass is 665 g/mol. The first-order chi connectivity index (χ1) is 23.6. The largest absolute Gasteiger partial charge is 0.492 e. The van der Waals surface area contributed by atoms with Gasteiger partial charge in [-0.25, -0.2) is 9.48 Å². The molecule has 1 aliphatic heterocycles. The summed E-state index contributed by atoms with van der Waals surface area (Å²) in [5.41, 5.74) is 3.50. The molecule has 13 heteroatoms. The van der Waals surface area contributed by atoms with Gasteiger partial charge in [-0.05, 0) is 51.1 Å². The van der Waals surface area contributed by atoms with Gasteiger partial charge in [0.2, 0.25) is 0 Å². The van der Waals surface area contributed by atoms with Gasteiger partial charge in [0.05, 0.1) is 95.8 Å². The Kier molecular flexibility index (Phi) is 13.6. The molecule has 1 saturated heterocycles. The van der Waals surface area contributed by atoms with Crippen LogP contribution in [0, 0.1) is 0 Å². The van der Waals surface area contributed by atoms with Crippen molar-refractivity contribution in [1.82, 2.24) is 15.0 Å². The molecule has 0 saturated carbocycles. The van der Waals surface area contributed by atoms with Crippen molar-refractivity contribution in [3.8, 4) is 22.7 Å². The Morgan fingerprint density at radius 3 is 2.00 bits per heavy atom. The number of nitrogens with zero attached hydrogens (tertiary/aromatic N) is 5. The molecule has 1 aliphatic rings. The lowest BCUT2D eigenvalue weighted by Crippen LogP contribution is -2.32. The van der Waals surface area contributed by atoms with Crippen LogP contribution in [0.4, 0.5) is 11.4 Å². The summed E-state index contributed by atoms with van der Waals surface area (Å²) in [7, 11) is 0. The van der Waals surface area contributed by atoms with Gasteiger partial charge < -0.3 is 42.6 Å². The van der Waals surface area contributed by atoms with Gasteiger partial charge in [-0.2, -0.15) is 0 Å². The molecule has 3 heterocycles. The highest BCUT2D eigenvalue weighted by Gasteiger charge is 2.17. The van der Waals surface area contributed by atoms with Crippen LogP contribution in [0.2, 0.25) is 0 Å². The zero-order valence-corrected chi connectivity index (χ0v) is 28.2. The normalized spacial score (nSPS) is 16.4. The van der Waals surface area contributed by atoms with Crippen LogP contribution in [-0.4, -0.2) is 114 Å². The number of fused-ring (bicyclic) bond motifs is 1. The minimum Gasteiger partial charge on any atom is -0.492 e. The van der Waals surface area contributed by atoms with E-state index in [9.17, 15) is 4.79 Å². The van der Waals surface area contributed by atoms with Crippen molar-refractivity contribution in [2.24, 2.45) is 0 Å². The summed E-state index contributed by atoms with van der Waals surface area (Å²) in [5.74, 6) is 0.690. The molecule has 13 nitrogen and oxygen atoms in total. The predicted molar refractivity (Wildman–Crippen MR) is 184 cm³/mol. The van der Waals surface area contributed by atoms with Gasteiger partial charge >= 0.3 is 5.63 Å². The maximum atomic E-state index is 13.1. The summed E-state index contributed by atoms with van der Waals surface area (Å²) in [5, 5.41) is 9.47. The zero-order valence-electron chi connectivity index (χ0n) is 28.2. The topological polar surface area (TPSA) is 123 Å². The molecule has 0 bridgehead atoms. The first-order valence-electron chi connectivity index (χ1n) is 16.8. The van der Waals surface area contributed by atoms with Crippen molar-refractivity contribution in [2.45, 2.75) is 20.8 Å². The van der Waals surface area contributed by atoms with Crippen molar-refractivity contribution in [2.75, 3.05) is 109 Å². The molecule has 0 atom stereocenters. The molecule has 2 aromatic carbocycles. The molecule has 5 rings (SSSR count). The van der Waals surface area contributed by atoms with Crippen LogP contribution in [0.15, 0.2) is 57.9 Å². The maximum absolute atomic E-state index is 13.1. The zero-order chi connectivity index (χ0) is 33.6. The number of benzene rings is 2. The van der Waals surface area contributed by atoms with Crippen LogP contribution in [0.3, 0.4) is 0 Å². The fourth-order valence-electron chi connectivity index (χ4n) is 5.44. The Morgan fingerprint density at radius 2 is 1.40 bits per heavy atom. The minimum absolute atomic E-state index is 0.346. The summed E-state index contributed by atoms with van der Waals surface area (Å²) in [6, 6.07) is 13.6. The van der Waals surface area contributed by atoms with Crippen LogP contribution >= 0.6 is 0 Å². The number of anilines is 2. The van der Waals surface area contributed by atoms with Crippen LogP contribution < -0.4 is 20.2 Å². The average molecular weight is 666 g/mol. The fourth-order valence-corrected chi connectivity index (χ4v) is 5.44. The quantitative estimate of drug-likeness (QED) is 0.251. The Bertz CT molecular complexity index is 1600. The van der Waals surface area contributed by atoms with Crippen molar-refractivity contribution < 1.29 is 32.8 Å². The van der Waals surface area contributed by atoms with E-state index < -0.39 is 5.63 Å². The highest BCUT2D eigenvalue weighted by atomic mass is 16.6. The number of hydrogen-bond donors (Lipinski definition) is 0. The van der Waals surface area contributed by atoms with E-state index in [0.29, 0.717) is 108 Å². The number of aromatic nitrogens is 3. The second-order valence-corrected chi connectivity index (χ2v) is 11.0. The van der Waals surface area contributed by atoms with E-state index >= 15 is 0 Å². The van der Waals surface area contributed by atoms with Gasteiger partial charge in [-0.1, -0.05) is 5.21 Å². The van der Waals surface area contributed by atoms with Crippen LogP contribution in [0.5, 0.6) is 5.75 Å². The summed E-state index contributed by atoms with van der Waals surface area (Å²) in [6.45, 7) is 14.7. The number of ether oxygens (including phenoxy) is 6. The van der Waals surface area contributed by atoms with E-state index in [0.717, 1.165) is 35.5 Å². The van der Waals surface area contributed by atoms with E-state index in [1.165, 1.54) is 0 Å². The third-order valence-electron chi connectivity index (χ3n) is 7.97. The Hall–Kier alpha value is -4.01. The molecule has 48 heavy (non-hydrogen) atoms. The Labute approximate surface area is 281 Å². The van der Waals surface area contributed by atoms with Gasteiger partial charge in [-0.3, -0.25) is 0 Å². The highest BCUT2D eigenvalue weighted by Crippen LogP contribution is 2.32. The summed E-state index contributed by atoms with van der Waals surface area (Å²) in [6.07, 6.45) is 1.72. The van der Waals surface area contributed by atoms with Crippen molar-refractivity contribution in [3.63, 3.8) is 0 Å². The standard InChI is InChI=1S/C35H47N5O8/c1-4-38(5-2)28-8-7-27-23-30(35(41)48-33(27)24-28)31-26-40(37-36-31)29-9-10-32(34(25-29)47-6-3)39-11-13-42-15-17-44-19-21-46-22-20-45-18-16-43-14-12-39/h7-10,23-26H,4-6,11-22H2,1-3H3. The van der Waals surface area contributed by atoms with Gasteiger partial charge in [-0.15, -0.1) is 5.10 Å². The molecule has 1 fully saturated rings. The molecule has 0 N–H and O–H groups in total. The maximum Gasteiger partial charge on any atom is 0.345 e. The predicted octanol–water partition coefficient (Wildman–Crippen LogP) is 4.19. The van der Waals surface area contributed by atoms with Crippen LogP contribution in [0.1, 0.15) is 20.8 Å². The van der Waals surface area contributed by atoms with Gasteiger partial charge in [0.25, 0.3) is 0 Å². The third-order valence-corrected chi connectivity index (χ3v) is 7.97. The first-order valence-corrected chi connectivity index (χ1v) is 16.8. The number of hydrogen-bond acceptors (Lipinski definition) is 12. The Morgan fingerprint density at radius 1 is 0.771 bits per heavy atom. The van der Waals surface area contributed by atoms with Gasteiger partial charge in [0, 0.05) is 49.4 Å². The van der Waals surface area contributed by atoms with Gasteiger partial charge in [0.15, 0.2) is 0 Å². The second-order valence-electron chi connectivity index (χ2n) is 11.0. The molecule has 0 unspecified atom stereocenters. The molecule has 0 radical (unpaired) electrons. The van der Waals surface area contributed by atoms with Crippen LogP contribution in [-0.2, 0) is 23.7 Å². The Balaban J connectivity index is 1.33. The van der Waals surface area contributed by atoms with E-state index in [1.807, 2.05) is 43.3 Å². The first kappa shape index (κ1) is 35.3.